The van der Waals surface area contributed by atoms with Crippen molar-refractivity contribution in [3.8, 4) is 0 Å². The molecule has 0 aliphatic heterocycles. The van der Waals surface area contributed by atoms with Crippen molar-refractivity contribution in [1.82, 2.24) is 0 Å². The van der Waals surface area contributed by atoms with Crippen LogP contribution < -0.4 is 0 Å². The third-order valence-corrected chi connectivity index (χ3v) is 4.35. The van der Waals surface area contributed by atoms with Gasteiger partial charge in [0.25, 0.3) is 0 Å². The normalized spacial score (nSPS) is 13.3. The van der Waals surface area contributed by atoms with Crippen molar-refractivity contribution in [2.75, 3.05) is 0 Å². The van der Waals surface area contributed by atoms with Crippen molar-refractivity contribution in [3.05, 3.63) is 76.9 Å². The van der Waals surface area contributed by atoms with E-state index in [9.17, 15) is 22.8 Å². The predicted molar refractivity (Wildman–Crippen MR) is 106 cm³/mol. The van der Waals surface area contributed by atoms with Crippen LogP contribution in [0.25, 0.3) is 6.08 Å². The van der Waals surface area contributed by atoms with Crippen LogP contribution in [0.1, 0.15) is 54.7 Å². The Balaban J connectivity index is 1.97. The van der Waals surface area contributed by atoms with E-state index in [4.69, 9.17) is 4.74 Å². The zero-order chi connectivity index (χ0) is 21.8. The third kappa shape index (κ3) is 6.31. The van der Waals surface area contributed by atoms with Crippen molar-refractivity contribution in [2.45, 2.75) is 45.4 Å². The van der Waals surface area contributed by atoms with E-state index in [2.05, 4.69) is 20.8 Å². The van der Waals surface area contributed by atoms with Crippen LogP contribution in [0.4, 0.5) is 13.2 Å². The van der Waals surface area contributed by atoms with Crippen LogP contribution in [0, 0.1) is 0 Å². The first-order valence-electron chi connectivity index (χ1n) is 9.08. The SMILES string of the molecule is C[C@@H](OC(=O)/C=C/c1ccc(C(F)(F)F)cc1)C(=O)c1ccc(C(C)(C)C)cc1. The Morgan fingerprint density at radius 1 is 0.897 bits per heavy atom. The number of ketones is 1. The minimum atomic E-state index is -4.41. The van der Waals surface area contributed by atoms with Gasteiger partial charge in [-0.25, -0.2) is 4.79 Å². The quantitative estimate of drug-likeness (QED) is 0.358. The lowest BCUT2D eigenvalue weighted by molar-refractivity contribution is -0.140. The average Bonchev–Trinajstić information content (AvgIpc) is 2.64. The maximum absolute atomic E-state index is 12.5. The molecule has 0 saturated heterocycles. The largest absolute Gasteiger partial charge is 0.451 e. The van der Waals surface area contributed by atoms with E-state index in [1.807, 2.05) is 12.1 Å². The molecule has 2 rings (SSSR count). The predicted octanol–water partition coefficient (Wildman–Crippen LogP) is 5.83. The number of carbonyl (C=O) groups is 2. The summed E-state index contributed by atoms with van der Waals surface area (Å²) in [6.45, 7) is 7.68. The molecule has 0 amide bonds. The molecule has 0 radical (unpaired) electrons. The highest BCUT2D eigenvalue weighted by molar-refractivity contribution is 6.01. The highest BCUT2D eigenvalue weighted by atomic mass is 19.4. The molecule has 2 aromatic rings. The first-order chi connectivity index (χ1) is 13.4. The second-order valence-electron chi connectivity index (χ2n) is 7.72. The molecule has 29 heavy (non-hydrogen) atoms. The van der Waals surface area contributed by atoms with E-state index in [0.29, 0.717) is 11.1 Å². The van der Waals surface area contributed by atoms with E-state index in [1.54, 1.807) is 12.1 Å². The summed E-state index contributed by atoms with van der Waals surface area (Å²) in [6.07, 6.45) is -2.99. The Morgan fingerprint density at radius 3 is 1.90 bits per heavy atom. The molecule has 0 bridgehead atoms. The monoisotopic (exact) mass is 404 g/mol. The number of ether oxygens (including phenoxy) is 1. The van der Waals surface area contributed by atoms with Crippen LogP contribution in [0.15, 0.2) is 54.6 Å². The summed E-state index contributed by atoms with van der Waals surface area (Å²) in [6, 6.07) is 11.5. The molecule has 0 aliphatic carbocycles. The Hall–Kier alpha value is -2.89. The van der Waals surface area contributed by atoms with Gasteiger partial charge in [0.2, 0.25) is 5.78 Å². The Labute approximate surface area is 168 Å². The molecule has 0 unspecified atom stereocenters. The van der Waals surface area contributed by atoms with Crippen molar-refractivity contribution in [1.29, 1.82) is 0 Å². The highest BCUT2D eigenvalue weighted by Crippen LogP contribution is 2.29. The zero-order valence-corrected chi connectivity index (χ0v) is 16.7. The lowest BCUT2D eigenvalue weighted by atomic mass is 9.86. The van der Waals surface area contributed by atoms with Gasteiger partial charge in [0, 0.05) is 11.6 Å². The van der Waals surface area contributed by atoms with Gasteiger partial charge in [0.15, 0.2) is 6.10 Å². The van der Waals surface area contributed by atoms with Crippen molar-refractivity contribution in [2.24, 2.45) is 0 Å². The standard InChI is InChI=1S/C23H23F3O3/c1-15(21(28)17-8-12-18(13-9-17)22(2,3)4)29-20(27)14-7-16-5-10-19(11-6-16)23(24,25)26/h5-15H,1-4H3/b14-7+/t15-/m1/s1. The molecule has 1 atom stereocenters. The molecule has 0 heterocycles. The molecule has 154 valence electrons. The first-order valence-corrected chi connectivity index (χ1v) is 9.08. The molecular weight excluding hydrogens is 381 g/mol. The molecule has 0 aliphatic rings. The van der Waals surface area contributed by atoms with Gasteiger partial charge in [-0.1, -0.05) is 57.2 Å². The zero-order valence-electron chi connectivity index (χ0n) is 16.7. The number of hydrogen-bond acceptors (Lipinski definition) is 3. The molecule has 0 N–H and O–H groups in total. The summed E-state index contributed by atoms with van der Waals surface area (Å²) in [5.41, 5.74) is 1.12. The second kappa shape index (κ2) is 8.64. The van der Waals surface area contributed by atoms with Gasteiger partial charge >= 0.3 is 12.1 Å². The number of alkyl halides is 3. The number of hydrogen-bond donors (Lipinski definition) is 0. The maximum Gasteiger partial charge on any atom is 0.416 e. The molecule has 2 aromatic carbocycles. The Morgan fingerprint density at radius 2 is 1.41 bits per heavy atom. The first kappa shape index (κ1) is 22.4. The minimum Gasteiger partial charge on any atom is -0.451 e. The van der Waals surface area contributed by atoms with Gasteiger partial charge in [0.05, 0.1) is 5.56 Å². The number of benzene rings is 2. The Bertz CT molecular complexity index is 887. The van der Waals surface area contributed by atoms with E-state index < -0.39 is 23.8 Å². The number of Topliss-reactive ketones (excluding diaryl/α,β-unsaturated/α-hetero) is 1. The van der Waals surface area contributed by atoms with Crippen LogP contribution in [0.3, 0.4) is 0 Å². The molecule has 0 aromatic heterocycles. The van der Waals surface area contributed by atoms with Crippen molar-refractivity contribution in [3.63, 3.8) is 0 Å². The lowest BCUT2D eigenvalue weighted by Gasteiger charge is -2.19. The summed E-state index contributed by atoms with van der Waals surface area (Å²) in [5.74, 6) is -1.08. The number of rotatable bonds is 5. The summed E-state index contributed by atoms with van der Waals surface area (Å²) >= 11 is 0. The van der Waals surface area contributed by atoms with Gasteiger partial charge in [-0.05, 0) is 41.7 Å². The van der Waals surface area contributed by atoms with Gasteiger partial charge in [-0.2, -0.15) is 13.2 Å². The Kier molecular flexibility index (Phi) is 6.67. The summed E-state index contributed by atoms with van der Waals surface area (Å²) in [5, 5.41) is 0. The van der Waals surface area contributed by atoms with Gasteiger partial charge in [-0.15, -0.1) is 0 Å². The van der Waals surface area contributed by atoms with E-state index >= 15 is 0 Å². The van der Waals surface area contributed by atoms with Crippen LogP contribution >= 0.6 is 0 Å². The molecule has 6 heteroatoms. The maximum atomic E-state index is 12.5. The van der Waals surface area contributed by atoms with Gasteiger partial charge in [-0.3, -0.25) is 4.79 Å². The van der Waals surface area contributed by atoms with E-state index in [0.717, 1.165) is 23.8 Å². The van der Waals surface area contributed by atoms with Crippen LogP contribution in [-0.2, 0) is 21.1 Å². The smallest absolute Gasteiger partial charge is 0.416 e. The molecule has 0 fully saturated rings. The molecule has 0 spiro atoms. The van der Waals surface area contributed by atoms with Gasteiger partial charge < -0.3 is 4.74 Å². The fourth-order valence-corrected chi connectivity index (χ4v) is 2.58. The third-order valence-electron chi connectivity index (χ3n) is 4.35. The fourth-order valence-electron chi connectivity index (χ4n) is 2.58. The van der Waals surface area contributed by atoms with E-state index in [-0.39, 0.29) is 11.2 Å². The van der Waals surface area contributed by atoms with E-state index in [1.165, 1.54) is 25.1 Å². The van der Waals surface area contributed by atoms with Crippen molar-refractivity contribution >= 4 is 17.8 Å². The molecule has 3 nitrogen and oxygen atoms in total. The number of esters is 1. The second-order valence-corrected chi connectivity index (χ2v) is 7.72. The highest BCUT2D eigenvalue weighted by Gasteiger charge is 2.29. The summed E-state index contributed by atoms with van der Waals surface area (Å²) in [7, 11) is 0. The van der Waals surface area contributed by atoms with Crippen LogP contribution in [0.5, 0.6) is 0 Å². The lowest BCUT2D eigenvalue weighted by Crippen LogP contribution is -2.23. The topological polar surface area (TPSA) is 43.4 Å². The number of halogens is 3. The van der Waals surface area contributed by atoms with Gasteiger partial charge in [0.1, 0.15) is 0 Å². The van der Waals surface area contributed by atoms with Crippen molar-refractivity contribution < 1.29 is 27.5 Å². The minimum absolute atomic E-state index is 0.0389. The average molecular weight is 404 g/mol. The molecular formula is C23H23F3O3. The molecule has 0 saturated carbocycles. The van der Waals surface area contributed by atoms with Crippen LogP contribution in [-0.4, -0.2) is 17.9 Å². The summed E-state index contributed by atoms with van der Waals surface area (Å²) in [4.78, 5) is 24.4. The number of carbonyl (C=O) groups excluding carboxylic acids is 2. The fraction of sp³-hybridized carbons (Fsp3) is 0.304. The van der Waals surface area contributed by atoms with Crippen LogP contribution in [0.2, 0.25) is 0 Å². The summed E-state index contributed by atoms with van der Waals surface area (Å²) < 4.78 is 42.8.